The second-order valence-electron chi connectivity index (χ2n) is 5.79. The number of hydrogen-bond donors (Lipinski definition) is 2. The van der Waals surface area contributed by atoms with Crippen LogP contribution < -0.4 is 10.6 Å². The van der Waals surface area contributed by atoms with Gasteiger partial charge in [-0.1, -0.05) is 12.1 Å². The van der Waals surface area contributed by atoms with Gasteiger partial charge in [0.25, 0.3) is 0 Å². The number of aromatic nitrogens is 2. The molecule has 2 heterocycles. The van der Waals surface area contributed by atoms with Gasteiger partial charge in [-0.3, -0.25) is 20.1 Å². The molecule has 6 heteroatoms. The number of nitrogens with one attached hydrogen (secondary N) is 2. The lowest BCUT2D eigenvalue weighted by molar-refractivity contribution is -0.123. The summed E-state index contributed by atoms with van der Waals surface area (Å²) in [6, 6.07) is 12.8. The van der Waals surface area contributed by atoms with E-state index < -0.39 is 6.04 Å². The average Bonchev–Trinajstić information content (AvgIpc) is 2.69. The molecule has 0 radical (unpaired) electrons. The molecular weight excluding hydrogens is 331 g/mol. The average molecular weight is 350 g/mol. The van der Waals surface area contributed by atoms with Crippen LogP contribution in [0.3, 0.4) is 0 Å². The van der Waals surface area contributed by atoms with Crippen molar-refractivity contribution < 1.29 is 9.18 Å². The van der Waals surface area contributed by atoms with Crippen molar-refractivity contribution in [3.05, 3.63) is 95.8 Å². The van der Waals surface area contributed by atoms with Crippen LogP contribution in [0.15, 0.2) is 73.3 Å². The topological polar surface area (TPSA) is 66.9 Å². The van der Waals surface area contributed by atoms with E-state index in [4.69, 9.17) is 0 Å². The summed E-state index contributed by atoms with van der Waals surface area (Å²) in [5.41, 5.74) is 2.67. The van der Waals surface area contributed by atoms with Crippen molar-refractivity contribution in [3.8, 4) is 0 Å². The molecule has 0 saturated heterocycles. The first-order chi connectivity index (χ1) is 12.7. The van der Waals surface area contributed by atoms with Gasteiger partial charge in [0.2, 0.25) is 5.91 Å². The fraction of sp³-hybridized carbons (Fsp3) is 0.150. The number of carbonyl (C=O) groups is 1. The zero-order valence-electron chi connectivity index (χ0n) is 14.1. The summed E-state index contributed by atoms with van der Waals surface area (Å²) in [6.45, 7) is 0.892. The lowest BCUT2D eigenvalue weighted by atomic mass is 10.1. The first-order valence-corrected chi connectivity index (χ1v) is 8.27. The van der Waals surface area contributed by atoms with E-state index in [2.05, 4.69) is 20.6 Å². The lowest BCUT2D eigenvalue weighted by Crippen LogP contribution is -2.37. The summed E-state index contributed by atoms with van der Waals surface area (Å²) in [5, 5.41) is 6.15. The van der Waals surface area contributed by atoms with Gasteiger partial charge in [-0.25, -0.2) is 4.39 Å². The normalized spacial score (nSPS) is 11.7. The number of carbonyl (C=O) groups excluding carboxylic acids is 1. The van der Waals surface area contributed by atoms with Crippen LogP contribution in [0.2, 0.25) is 0 Å². The summed E-state index contributed by atoms with van der Waals surface area (Å²) in [7, 11) is 0. The molecule has 3 rings (SSSR count). The molecule has 2 aromatic heterocycles. The largest absolute Gasteiger partial charge is 0.350 e. The van der Waals surface area contributed by atoms with Crippen LogP contribution in [0, 0.1) is 5.82 Å². The number of rotatable bonds is 7. The van der Waals surface area contributed by atoms with Gasteiger partial charge in [-0.15, -0.1) is 0 Å². The first-order valence-electron chi connectivity index (χ1n) is 8.27. The van der Waals surface area contributed by atoms with Gasteiger partial charge in [-0.2, -0.15) is 0 Å². The van der Waals surface area contributed by atoms with Gasteiger partial charge in [-0.05, 0) is 53.1 Å². The van der Waals surface area contributed by atoms with Gasteiger partial charge in [0, 0.05) is 37.9 Å². The van der Waals surface area contributed by atoms with Crippen molar-refractivity contribution in [3.63, 3.8) is 0 Å². The Morgan fingerprint density at radius 2 is 1.38 bits per heavy atom. The van der Waals surface area contributed by atoms with E-state index in [9.17, 15) is 9.18 Å². The molecule has 0 fully saturated rings. The Labute approximate surface area is 151 Å². The molecule has 132 valence electrons. The van der Waals surface area contributed by atoms with Crippen molar-refractivity contribution in [1.29, 1.82) is 0 Å². The van der Waals surface area contributed by atoms with Crippen LogP contribution in [0.5, 0.6) is 0 Å². The zero-order chi connectivity index (χ0) is 18.2. The zero-order valence-corrected chi connectivity index (χ0v) is 14.1. The van der Waals surface area contributed by atoms with Crippen LogP contribution >= 0.6 is 0 Å². The quantitative estimate of drug-likeness (QED) is 0.688. The fourth-order valence-electron chi connectivity index (χ4n) is 2.53. The number of benzene rings is 1. The Bertz CT molecular complexity index is 825. The monoisotopic (exact) mass is 350 g/mol. The van der Waals surface area contributed by atoms with Gasteiger partial charge in [0.15, 0.2) is 0 Å². The number of pyridine rings is 2. The number of nitrogens with zero attached hydrogens (tertiary/aromatic N) is 2. The molecule has 1 aromatic carbocycles. The number of hydrogen-bond acceptors (Lipinski definition) is 4. The van der Waals surface area contributed by atoms with Gasteiger partial charge < -0.3 is 5.32 Å². The first kappa shape index (κ1) is 17.7. The molecular formula is C20H19FN4O. The van der Waals surface area contributed by atoms with Crippen LogP contribution in [0.4, 0.5) is 4.39 Å². The minimum atomic E-state index is -0.592. The van der Waals surface area contributed by atoms with E-state index in [-0.39, 0.29) is 11.7 Å². The smallest absolute Gasteiger partial charge is 0.242 e. The minimum absolute atomic E-state index is 0.178. The molecule has 0 aliphatic rings. The highest BCUT2D eigenvalue weighted by molar-refractivity contribution is 5.83. The van der Waals surface area contributed by atoms with Crippen LogP contribution in [-0.2, 0) is 17.9 Å². The van der Waals surface area contributed by atoms with Crippen molar-refractivity contribution in [2.24, 2.45) is 0 Å². The van der Waals surface area contributed by atoms with E-state index in [0.29, 0.717) is 18.7 Å². The Kier molecular flexibility index (Phi) is 6.01. The van der Waals surface area contributed by atoms with E-state index in [1.54, 1.807) is 36.9 Å². The molecule has 0 aliphatic carbocycles. The maximum Gasteiger partial charge on any atom is 0.242 e. The van der Waals surface area contributed by atoms with Crippen molar-refractivity contribution in [2.45, 2.75) is 19.1 Å². The van der Waals surface area contributed by atoms with Crippen LogP contribution in [0.1, 0.15) is 22.7 Å². The second kappa shape index (κ2) is 8.82. The predicted molar refractivity (Wildman–Crippen MR) is 96.3 cm³/mol. The summed E-state index contributed by atoms with van der Waals surface area (Å²) < 4.78 is 13.2. The van der Waals surface area contributed by atoms with Gasteiger partial charge >= 0.3 is 0 Å². The molecule has 5 nitrogen and oxygen atoms in total. The molecule has 2 N–H and O–H groups in total. The molecule has 1 unspecified atom stereocenters. The molecule has 0 bridgehead atoms. The van der Waals surface area contributed by atoms with E-state index >= 15 is 0 Å². The molecule has 0 spiro atoms. The lowest BCUT2D eigenvalue weighted by Gasteiger charge is -2.19. The predicted octanol–water partition coefficient (Wildman–Crippen LogP) is 2.76. The highest BCUT2D eigenvalue weighted by Crippen LogP contribution is 2.15. The van der Waals surface area contributed by atoms with Gasteiger partial charge in [0.05, 0.1) is 0 Å². The second-order valence-corrected chi connectivity index (χ2v) is 5.79. The van der Waals surface area contributed by atoms with Crippen molar-refractivity contribution in [2.75, 3.05) is 0 Å². The Balaban J connectivity index is 1.71. The van der Waals surface area contributed by atoms with Gasteiger partial charge in [0.1, 0.15) is 11.9 Å². The standard InChI is InChI=1S/C20H19FN4O/c21-18-3-1-17(2-4-18)19(24-13-15-5-9-22-10-6-15)20(26)25-14-16-7-11-23-12-8-16/h1-12,19,24H,13-14H2,(H,25,26). The SMILES string of the molecule is O=C(NCc1ccncc1)C(NCc1ccncc1)c1ccc(F)cc1. The van der Waals surface area contributed by atoms with Crippen LogP contribution in [0.25, 0.3) is 0 Å². The van der Waals surface area contributed by atoms with E-state index in [1.807, 2.05) is 24.3 Å². The maximum absolute atomic E-state index is 13.2. The summed E-state index contributed by atoms with van der Waals surface area (Å²) >= 11 is 0. The Morgan fingerprint density at radius 1 is 0.846 bits per heavy atom. The Hall–Kier alpha value is -3.12. The van der Waals surface area contributed by atoms with Crippen molar-refractivity contribution in [1.82, 2.24) is 20.6 Å². The summed E-state index contributed by atoms with van der Waals surface area (Å²) in [4.78, 5) is 20.7. The van der Waals surface area contributed by atoms with Crippen molar-refractivity contribution >= 4 is 5.91 Å². The third-order valence-corrected chi connectivity index (χ3v) is 3.94. The highest BCUT2D eigenvalue weighted by atomic mass is 19.1. The molecule has 26 heavy (non-hydrogen) atoms. The van der Waals surface area contributed by atoms with E-state index in [1.165, 1.54) is 12.1 Å². The molecule has 1 atom stereocenters. The fourth-order valence-corrected chi connectivity index (χ4v) is 2.53. The minimum Gasteiger partial charge on any atom is -0.350 e. The van der Waals surface area contributed by atoms with Crippen LogP contribution in [-0.4, -0.2) is 15.9 Å². The summed E-state index contributed by atoms with van der Waals surface area (Å²) in [6.07, 6.45) is 6.77. The molecule has 0 aliphatic heterocycles. The highest BCUT2D eigenvalue weighted by Gasteiger charge is 2.20. The Morgan fingerprint density at radius 3 is 1.96 bits per heavy atom. The van der Waals surface area contributed by atoms with E-state index in [0.717, 1.165) is 11.1 Å². The number of halogens is 1. The summed E-state index contributed by atoms with van der Waals surface area (Å²) in [5.74, 6) is -0.513. The maximum atomic E-state index is 13.2. The molecule has 0 saturated carbocycles. The third-order valence-electron chi connectivity index (χ3n) is 3.94. The number of amides is 1. The third kappa shape index (κ3) is 4.94. The molecule has 1 amide bonds. The molecule has 3 aromatic rings.